The Labute approximate surface area is 167 Å². The van der Waals surface area contributed by atoms with Crippen LogP contribution in [0.5, 0.6) is 5.75 Å². The van der Waals surface area contributed by atoms with Gasteiger partial charge in [-0.1, -0.05) is 0 Å². The fraction of sp³-hybridized carbons (Fsp3) is 0.650. The number of hydrogen-bond acceptors (Lipinski definition) is 6. The third-order valence-corrected chi connectivity index (χ3v) is 7.95. The summed E-state index contributed by atoms with van der Waals surface area (Å²) in [7, 11) is -1.19. The number of aryl methyl sites for hydroxylation is 1. The Morgan fingerprint density at radius 1 is 1.18 bits per heavy atom. The minimum Gasteiger partial charge on any atom is -0.497 e. The topological polar surface area (TPSA) is 70.2 Å². The van der Waals surface area contributed by atoms with Crippen LogP contribution in [0.2, 0.25) is 0 Å². The number of piperazine rings is 1. The lowest BCUT2D eigenvalue weighted by atomic mass is 10.0. The monoisotopic (exact) mass is 407 g/mol. The van der Waals surface area contributed by atoms with Crippen molar-refractivity contribution in [3.05, 3.63) is 23.8 Å². The van der Waals surface area contributed by atoms with Gasteiger partial charge in [-0.2, -0.15) is 0 Å². The minimum atomic E-state index is -2.85. The standard InChI is InChI=1S/C20H29N3O4S/c1-27-18-4-5-19-16(13-18)3-2-7-23(19)20(24)14-21-8-10-22(11-9-21)17-6-12-28(25,26)15-17/h4-5,13,17H,2-3,6-12,14-15H2,1H3/t17-/m1/s1. The van der Waals surface area contributed by atoms with E-state index in [1.807, 2.05) is 23.1 Å². The normalized spacial score (nSPS) is 25.5. The molecular weight excluding hydrogens is 378 g/mol. The second-order valence-electron chi connectivity index (χ2n) is 8.01. The van der Waals surface area contributed by atoms with Gasteiger partial charge in [0.05, 0.1) is 25.2 Å². The zero-order valence-corrected chi connectivity index (χ0v) is 17.3. The molecule has 2 saturated heterocycles. The van der Waals surface area contributed by atoms with E-state index in [-0.39, 0.29) is 11.9 Å². The largest absolute Gasteiger partial charge is 0.497 e. The summed E-state index contributed by atoms with van der Waals surface area (Å²) in [6, 6.07) is 6.10. The van der Waals surface area contributed by atoms with Gasteiger partial charge >= 0.3 is 0 Å². The van der Waals surface area contributed by atoms with Crippen LogP contribution >= 0.6 is 0 Å². The van der Waals surface area contributed by atoms with Crippen molar-refractivity contribution in [1.29, 1.82) is 0 Å². The van der Waals surface area contributed by atoms with Gasteiger partial charge < -0.3 is 9.64 Å². The lowest BCUT2D eigenvalue weighted by Gasteiger charge is -2.38. The zero-order chi connectivity index (χ0) is 19.7. The number of hydrogen-bond donors (Lipinski definition) is 0. The van der Waals surface area contributed by atoms with Crippen molar-refractivity contribution in [2.45, 2.75) is 25.3 Å². The Bertz CT molecular complexity index is 834. The number of carbonyl (C=O) groups excluding carboxylic acids is 1. The van der Waals surface area contributed by atoms with E-state index >= 15 is 0 Å². The molecule has 1 aromatic rings. The summed E-state index contributed by atoms with van der Waals surface area (Å²) in [4.78, 5) is 19.4. The van der Waals surface area contributed by atoms with Gasteiger partial charge in [-0.3, -0.25) is 14.6 Å². The average Bonchev–Trinajstić information content (AvgIpc) is 3.07. The molecule has 154 valence electrons. The fourth-order valence-electron chi connectivity index (χ4n) is 4.59. The number of carbonyl (C=O) groups is 1. The molecule has 0 radical (unpaired) electrons. The highest BCUT2D eigenvalue weighted by atomic mass is 32.2. The summed E-state index contributed by atoms with van der Waals surface area (Å²) in [6.45, 7) is 4.47. The van der Waals surface area contributed by atoms with Gasteiger partial charge in [-0.05, 0) is 43.0 Å². The molecule has 0 spiro atoms. The fourth-order valence-corrected chi connectivity index (χ4v) is 6.35. The molecule has 3 aliphatic heterocycles. The number of sulfone groups is 1. The lowest BCUT2D eigenvalue weighted by Crippen LogP contribution is -2.53. The summed E-state index contributed by atoms with van der Waals surface area (Å²) in [5.74, 6) is 1.58. The number of ether oxygens (including phenoxy) is 1. The molecular formula is C20H29N3O4S. The third-order valence-electron chi connectivity index (χ3n) is 6.20. The van der Waals surface area contributed by atoms with Crippen LogP contribution in [0.15, 0.2) is 18.2 Å². The van der Waals surface area contributed by atoms with Gasteiger partial charge in [0, 0.05) is 44.5 Å². The van der Waals surface area contributed by atoms with Crippen LogP contribution in [-0.4, -0.2) is 88.1 Å². The molecule has 0 aromatic heterocycles. The van der Waals surface area contributed by atoms with Crippen LogP contribution in [0.25, 0.3) is 0 Å². The lowest BCUT2D eigenvalue weighted by molar-refractivity contribution is -0.120. The van der Waals surface area contributed by atoms with Crippen molar-refractivity contribution in [2.75, 3.05) is 62.8 Å². The molecule has 1 aromatic carbocycles. The number of benzene rings is 1. The predicted molar refractivity (Wildman–Crippen MR) is 109 cm³/mol. The average molecular weight is 408 g/mol. The molecule has 0 N–H and O–H groups in total. The van der Waals surface area contributed by atoms with Crippen molar-refractivity contribution in [2.24, 2.45) is 0 Å². The summed E-state index contributed by atoms with van der Waals surface area (Å²) < 4.78 is 28.7. The highest BCUT2D eigenvalue weighted by Crippen LogP contribution is 2.30. The number of anilines is 1. The smallest absolute Gasteiger partial charge is 0.241 e. The Morgan fingerprint density at radius 2 is 1.96 bits per heavy atom. The summed E-state index contributed by atoms with van der Waals surface area (Å²) in [5, 5.41) is 0. The molecule has 3 aliphatic rings. The third kappa shape index (κ3) is 4.18. The van der Waals surface area contributed by atoms with Crippen LogP contribution in [0.4, 0.5) is 5.69 Å². The van der Waals surface area contributed by atoms with E-state index in [4.69, 9.17) is 4.74 Å². The molecule has 3 heterocycles. The summed E-state index contributed by atoms with van der Waals surface area (Å²) in [5.41, 5.74) is 2.18. The maximum absolute atomic E-state index is 13.0. The molecule has 7 nitrogen and oxygen atoms in total. The molecule has 0 bridgehead atoms. The number of rotatable bonds is 4. The van der Waals surface area contributed by atoms with Crippen molar-refractivity contribution < 1.29 is 17.9 Å². The van der Waals surface area contributed by atoms with Gasteiger partial charge in [0.25, 0.3) is 0 Å². The molecule has 0 unspecified atom stereocenters. The SMILES string of the molecule is COc1ccc2c(c1)CCCN2C(=O)CN1CCN([C@@H]2CCS(=O)(=O)C2)CC1. The highest BCUT2D eigenvalue weighted by molar-refractivity contribution is 7.91. The first-order valence-electron chi connectivity index (χ1n) is 10.1. The van der Waals surface area contributed by atoms with Crippen LogP contribution in [0.1, 0.15) is 18.4 Å². The first kappa shape index (κ1) is 19.7. The summed E-state index contributed by atoms with van der Waals surface area (Å²) >= 11 is 0. The van der Waals surface area contributed by atoms with Crippen molar-refractivity contribution >= 4 is 21.4 Å². The van der Waals surface area contributed by atoms with Crippen molar-refractivity contribution in [3.8, 4) is 5.75 Å². The van der Waals surface area contributed by atoms with E-state index in [1.54, 1.807) is 7.11 Å². The van der Waals surface area contributed by atoms with E-state index in [0.29, 0.717) is 18.1 Å². The van der Waals surface area contributed by atoms with Crippen LogP contribution in [0.3, 0.4) is 0 Å². The zero-order valence-electron chi connectivity index (χ0n) is 16.5. The van der Waals surface area contributed by atoms with E-state index in [2.05, 4.69) is 9.80 Å². The molecule has 8 heteroatoms. The van der Waals surface area contributed by atoms with Crippen LogP contribution in [0, 0.1) is 0 Å². The molecule has 28 heavy (non-hydrogen) atoms. The molecule has 1 atom stereocenters. The maximum atomic E-state index is 13.0. The molecule has 0 aliphatic carbocycles. The van der Waals surface area contributed by atoms with E-state index < -0.39 is 9.84 Å². The van der Waals surface area contributed by atoms with Crippen LogP contribution in [-0.2, 0) is 21.1 Å². The van der Waals surface area contributed by atoms with Gasteiger partial charge in [-0.25, -0.2) is 8.42 Å². The quantitative estimate of drug-likeness (QED) is 0.735. The molecule has 0 saturated carbocycles. The Kier molecular flexibility index (Phi) is 5.62. The number of nitrogens with zero attached hydrogens (tertiary/aromatic N) is 3. The van der Waals surface area contributed by atoms with E-state index in [9.17, 15) is 13.2 Å². The maximum Gasteiger partial charge on any atom is 0.241 e. The summed E-state index contributed by atoms with van der Waals surface area (Å²) in [6.07, 6.45) is 2.68. The molecule has 1 amide bonds. The Hall–Kier alpha value is -1.64. The van der Waals surface area contributed by atoms with E-state index in [1.165, 1.54) is 5.56 Å². The van der Waals surface area contributed by atoms with Gasteiger partial charge in [-0.15, -0.1) is 0 Å². The molecule has 4 rings (SSSR count). The highest BCUT2D eigenvalue weighted by Gasteiger charge is 2.34. The van der Waals surface area contributed by atoms with Gasteiger partial charge in [0.1, 0.15) is 5.75 Å². The second-order valence-corrected chi connectivity index (χ2v) is 10.2. The van der Waals surface area contributed by atoms with Gasteiger partial charge in [0.2, 0.25) is 5.91 Å². The van der Waals surface area contributed by atoms with Crippen molar-refractivity contribution in [3.63, 3.8) is 0 Å². The van der Waals surface area contributed by atoms with Crippen LogP contribution < -0.4 is 9.64 Å². The van der Waals surface area contributed by atoms with Gasteiger partial charge in [0.15, 0.2) is 9.84 Å². The molecule has 2 fully saturated rings. The second kappa shape index (κ2) is 8.00. The minimum absolute atomic E-state index is 0.142. The first-order valence-corrected chi connectivity index (χ1v) is 11.9. The van der Waals surface area contributed by atoms with Crippen molar-refractivity contribution in [1.82, 2.24) is 9.80 Å². The number of methoxy groups -OCH3 is 1. The number of amides is 1. The Balaban J connectivity index is 1.33. The Morgan fingerprint density at radius 3 is 2.64 bits per heavy atom. The van der Waals surface area contributed by atoms with E-state index in [0.717, 1.165) is 63.4 Å². The number of fused-ring (bicyclic) bond motifs is 1. The first-order chi connectivity index (χ1) is 13.4. The predicted octanol–water partition coefficient (Wildman–Crippen LogP) is 0.779.